The van der Waals surface area contributed by atoms with Crippen molar-refractivity contribution in [2.24, 2.45) is 0 Å². The summed E-state index contributed by atoms with van der Waals surface area (Å²) < 4.78 is 15.8. The number of hydrogen-bond donors (Lipinski definition) is 1. The van der Waals surface area contributed by atoms with E-state index >= 15 is 0 Å². The first-order valence-electron chi connectivity index (χ1n) is 7.19. The fourth-order valence-corrected chi connectivity index (χ4v) is 2.28. The third kappa shape index (κ3) is 3.45. The zero-order valence-corrected chi connectivity index (χ0v) is 13.0. The number of anilines is 1. The van der Waals surface area contributed by atoms with E-state index in [9.17, 15) is 4.79 Å². The van der Waals surface area contributed by atoms with Crippen molar-refractivity contribution in [3.05, 3.63) is 53.6 Å². The van der Waals surface area contributed by atoms with Gasteiger partial charge in [0, 0.05) is 6.08 Å². The summed E-state index contributed by atoms with van der Waals surface area (Å²) in [7, 11) is 1.57. The van der Waals surface area contributed by atoms with Gasteiger partial charge in [0.15, 0.2) is 11.5 Å². The lowest BCUT2D eigenvalue weighted by Crippen LogP contribution is -2.09. The second-order valence-corrected chi connectivity index (χ2v) is 5.14. The van der Waals surface area contributed by atoms with Crippen LogP contribution in [0.2, 0.25) is 0 Å². The highest BCUT2D eigenvalue weighted by molar-refractivity contribution is 6.02. The van der Waals surface area contributed by atoms with E-state index in [1.807, 2.05) is 43.3 Å². The molecule has 0 unspecified atom stereocenters. The first-order chi connectivity index (χ1) is 11.2. The lowest BCUT2D eigenvalue weighted by molar-refractivity contribution is -0.111. The van der Waals surface area contributed by atoms with Crippen molar-refractivity contribution < 1.29 is 19.0 Å². The molecule has 1 aliphatic rings. The van der Waals surface area contributed by atoms with E-state index in [2.05, 4.69) is 5.32 Å². The summed E-state index contributed by atoms with van der Waals surface area (Å²) in [5.41, 5.74) is 2.55. The van der Waals surface area contributed by atoms with Gasteiger partial charge in [0.25, 0.3) is 0 Å². The van der Waals surface area contributed by atoms with E-state index in [4.69, 9.17) is 14.2 Å². The molecule has 0 aliphatic carbocycles. The number of fused-ring (bicyclic) bond motifs is 1. The predicted octanol–water partition coefficient (Wildman–Crippen LogP) is 3.38. The number of amides is 1. The Morgan fingerprint density at radius 3 is 2.83 bits per heavy atom. The van der Waals surface area contributed by atoms with Crippen LogP contribution in [-0.2, 0) is 4.79 Å². The molecule has 0 saturated carbocycles. The number of aryl methyl sites for hydroxylation is 1. The summed E-state index contributed by atoms with van der Waals surface area (Å²) in [5.74, 6) is 1.80. The molecule has 1 N–H and O–H groups in total. The number of ether oxygens (including phenoxy) is 3. The highest BCUT2D eigenvalue weighted by Gasteiger charge is 2.12. The minimum Gasteiger partial charge on any atom is -0.495 e. The van der Waals surface area contributed by atoms with Gasteiger partial charge in [-0.05, 0) is 48.4 Å². The van der Waals surface area contributed by atoms with E-state index in [1.54, 1.807) is 13.2 Å². The number of carbonyl (C=O) groups is 1. The van der Waals surface area contributed by atoms with Gasteiger partial charge in [0.05, 0.1) is 12.8 Å². The first kappa shape index (κ1) is 15.0. The van der Waals surface area contributed by atoms with Crippen LogP contribution in [0, 0.1) is 6.92 Å². The maximum atomic E-state index is 12.1. The number of hydrogen-bond acceptors (Lipinski definition) is 4. The van der Waals surface area contributed by atoms with E-state index in [0.29, 0.717) is 17.2 Å². The SMILES string of the molecule is COc1ccc(C)cc1NC(=O)/C=C\c1ccc2c(c1)OCO2. The molecule has 3 rings (SSSR count). The lowest BCUT2D eigenvalue weighted by atomic mass is 10.2. The Hall–Kier alpha value is -2.95. The summed E-state index contributed by atoms with van der Waals surface area (Å²) in [6, 6.07) is 11.1. The average molecular weight is 311 g/mol. The Balaban J connectivity index is 1.71. The van der Waals surface area contributed by atoms with Crippen LogP contribution in [0.4, 0.5) is 5.69 Å². The van der Waals surface area contributed by atoms with Crippen LogP contribution in [0.5, 0.6) is 17.2 Å². The molecule has 0 bridgehead atoms. The molecule has 0 fully saturated rings. The normalized spacial score (nSPS) is 12.4. The molecule has 118 valence electrons. The van der Waals surface area contributed by atoms with Crippen molar-refractivity contribution in [1.29, 1.82) is 0 Å². The Morgan fingerprint density at radius 1 is 1.17 bits per heavy atom. The third-order valence-corrected chi connectivity index (χ3v) is 3.44. The summed E-state index contributed by atoms with van der Waals surface area (Å²) in [5, 5.41) is 2.82. The summed E-state index contributed by atoms with van der Waals surface area (Å²) in [6.45, 7) is 2.19. The predicted molar refractivity (Wildman–Crippen MR) is 88.0 cm³/mol. The van der Waals surface area contributed by atoms with Gasteiger partial charge in [0.1, 0.15) is 5.75 Å². The van der Waals surface area contributed by atoms with Crippen LogP contribution in [-0.4, -0.2) is 19.8 Å². The molecular weight excluding hydrogens is 294 g/mol. The smallest absolute Gasteiger partial charge is 0.248 e. The van der Waals surface area contributed by atoms with Gasteiger partial charge in [-0.2, -0.15) is 0 Å². The molecule has 5 nitrogen and oxygen atoms in total. The second kappa shape index (κ2) is 6.44. The molecule has 1 heterocycles. The van der Waals surface area contributed by atoms with Crippen molar-refractivity contribution in [2.75, 3.05) is 19.2 Å². The molecule has 0 aromatic heterocycles. The topological polar surface area (TPSA) is 56.8 Å². The molecule has 0 radical (unpaired) electrons. The van der Waals surface area contributed by atoms with Crippen LogP contribution < -0.4 is 19.5 Å². The molecule has 1 aliphatic heterocycles. The molecule has 1 amide bonds. The zero-order valence-electron chi connectivity index (χ0n) is 13.0. The molecule has 0 atom stereocenters. The van der Waals surface area contributed by atoms with Crippen LogP contribution in [0.3, 0.4) is 0 Å². The molecule has 0 spiro atoms. The number of carbonyl (C=O) groups excluding carboxylic acids is 1. The summed E-state index contributed by atoms with van der Waals surface area (Å²) in [6.07, 6.45) is 3.19. The van der Waals surface area contributed by atoms with Crippen molar-refractivity contribution in [1.82, 2.24) is 0 Å². The second-order valence-electron chi connectivity index (χ2n) is 5.14. The van der Waals surface area contributed by atoms with Gasteiger partial charge in [-0.15, -0.1) is 0 Å². The van der Waals surface area contributed by atoms with E-state index < -0.39 is 0 Å². The Bertz CT molecular complexity index is 768. The van der Waals surface area contributed by atoms with Crippen LogP contribution in [0.15, 0.2) is 42.5 Å². The molecule has 2 aromatic rings. The molecule has 23 heavy (non-hydrogen) atoms. The molecule has 2 aromatic carbocycles. The number of rotatable bonds is 4. The number of methoxy groups -OCH3 is 1. The van der Waals surface area contributed by atoms with Crippen LogP contribution in [0.25, 0.3) is 6.08 Å². The third-order valence-electron chi connectivity index (χ3n) is 3.44. The molecular formula is C18H17NO4. The zero-order chi connectivity index (χ0) is 16.2. The summed E-state index contributed by atoms with van der Waals surface area (Å²) >= 11 is 0. The van der Waals surface area contributed by atoms with Crippen molar-refractivity contribution in [3.8, 4) is 17.2 Å². The Kier molecular flexibility index (Phi) is 4.19. The average Bonchev–Trinajstić information content (AvgIpc) is 3.01. The van der Waals surface area contributed by atoms with Gasteiger partial charge in [-0.1, -0.05) is 12.1 Å². The van der Waals surface area contributed by atoms with Crippen molar-refractivity contribution >= 4 is 17.7 Å². The minimum absolute atomic E-state index is 0.230. The van der Waals surface area contributed by atoms with Crippen LogP contribution >= 0.6 is 0 Å². The standard InChI is InChI=1S/C18H17NO4/c1-12-3-6-15(21-2)14(9-12)19-18(20)8-5-13-4-7-16-17(10-13)23-11-22-16/h3-10H,11H2,1-2H3,(H,19,20)/b8-5-. The Labute approximate surface area is 134 Å². The maximum absolute atomic E-state index is 12.1. The van der Waals surface area contributed by atoms with Gasteiger partial charge < -0.3 is 19.5 Å². The monoisotopic (exact) mass is 311 g/mol. The first-order valence-corrected chi connectivity index (χ1v) is 7.19. The fourth-order valence-electron chi connectivity index (χ4n) is 2.28. The largest absolute Gasteiger partial charge is 0.495 e. The molecule has 0 saturated heterocycles. The van der Waals surface area contributed by atoms with E-state index in [-0.39, 0.29) is 12.7 Å². The highest BCUT2D eigenvalue weighted by atomic mass is 16.7. The van der Waals surface area contributed by atoms with Gasteiger partial charge in [-0.3, -0.25) is 4.79 Å². The minimum atomic E-state index is -0.230. The number of benzene rings is 2. The van der Waals surface area contributed by atoms with Crippen molar-refractivity contribution in [3.63, 3.8) is 0 Å². The van der Waals surface area contributed by atoms with E-state index in [1.165, 1.54) is 6.08 Å². The van der Waals surface area contributed by atoms with Gasteiger partial charge in [-0.25, -0.2) is 0 Å². The summed E-state index contributed by atoms with van der Waals surface area (Å²) in [4.78, 5) is 12.1. The molecule has 5 heteroatoms. The number of nitrogens with one attached hydrogen (secondary N) is 1. The van der Waals surface area contributed by atoms with Crippen LogP contribution in [0.1, 0.15) is 11.1 Å². The Morgan fingerprint density at radius 2 is 2.00 bits per heavy atom. The maximum Gasteiger partial charge on any atom is 0.248 e. The highest BCUT2D eigenvalue weighted by Crippen LogP contribution is 2.32. The fraction of sp³-hybridized carbons (Fsp3) is 0.167. The van der Waals surface area contributed by atoms with Gasteiger partial charge >= 0.3 is 0 Å². The van der Waals surface area contributed by atoms with Crippen molar-refractivity contribution in [2.45, 2.75) is 6.92 Å². The van der Waals surface area contributed by atoms with E-state index in [0.717, 1.165) is 16.9 Å². The lowest BCUT2D eigenvalue weighted by Gasteiger charge is -2.09. The quantitative estimate of drug-likeness (QED) is 0.879. The van der Waals surface area contributed by atoms with Gasteiger partial charge in [0.2, 0.25) is 12.7 Å².